The van der Waals surface area contributed by atoms with Gasteiger partial charge in [0.25, 0.3) is 0 Å². The van der Waals surface area contributed by atoms with Crippen molar-refractivity contribution in [2.45, 2.75) is 69.6 Å². The molecule has 0 bridgehead atoms. The fourth-order valence-corrected chi connectivity index (χ4v) is 2.46. The number of carbonyl (C=O) groups excluding carboxylic acids is 2. The van der Waals surface area contributed by atoms with Gasteiger partial charge in [0, 0.05) is 32.2 Å². The Hall–Kier alpha value is -1.34. The van der Waals surface area contributed by atoms with E-state index in [2.05, 4.69) is 16.0 Å². The van der Waals surface area contributed by atoms with Gasteiger partial charge in [-0.05, 0) is 27.2 Å². The van der Waals surface area contributed by atoms with Crippen LogP contribution in [0.1, 0.15) is 33.6 Å². The zero-order valence-corrected chi connectivity index (χ0v) is 17.6. The van der Waals surface area contributed by atoms with Crippen molar-refractivity contribution in [1.29, 1.82) is 0 Å². The Labute approximate surface area is 171 Å². The first-order valence-electron chi connectivity index (χ1n) is 9.57. The summed E-state index contributed by atoms with van der Waals surface area (Å²) in [6, 6.07) is -0.616. The number of aliphatic hydroxyl groups excluding tert-OH is 5. The highest BCUT2D eigenvalue weighted by Crippen LogP contribution is 2.07. The van der Waals surface area contributed by atoms with E-state index in [-0.39, 0.29) is 30.8 Å². The number of amides is 2. The summed E-state index contributed by atoms with van der Waals surface area (Å²) < 4.78 is 4.89. The second kappa shape index (κ2) is 13.8. The summed E-state index contributed by atoms with van der Waals surface area (Å²) in [5, 5.41) is 55.4. The van der Waals surface area contributed by atoms with E-state index in [1.54, 1.807) is 0 Å². The molecular formula is C18H37N3O8. The van der Waals surface area contributed by atoms with Gasteiger partial charge >= 0.3 is 0 Å². The van der Waals surface area contributed by atoms with Crippen molar-refractivity contribution in [3.63, 3.8) is 0 Å². The minimum Gasteiger partial charge on any atom is -0.394 e. The average molecular weight is 424 g/mol. The van der Waals surface area contributed by atoms with Gasteiger partial charge in [0.2, 0.25) is 11.8 Å². The summed E-state index contributed by atoms with van der Waals surface area (Å²) in [5.74, 6) is -0.722. The molecule has 5 atom stereocenters. The number of hydrogen-bond donors (Lipinski definition) is 8. The number of ether oxygens (including phenoxy) is 1. The van der Waals surface area contributed by atoms with Crippen molar-refractivity contribution in [1.82, 2.24) is 16.0 Å². The monoisotopic (exact) mass is 423 g/mol. The van der Waals surface area contributed by atoms with E-state index < -0.39 is 43.0 Å². The third kappa shape index (κ3) is 12.1. The van der Waals surface area contributed by atoms with Gasteiger partial charge < -0.3 is 46.2 Å². The standard InChI is InChI=1S/C18H37N3O8/c1-18(2,3)21-11(17(28)19-7-8-29-4)5-6-14(25)20-9-12(23)15(26)16(27)13(24)10-22/h11-13,15-16,21-24,26-27H,5-10H2,1-4H3,(H,19,28)(H,20,25)/t11?,12-,13+,15+,16+/m0/s1. The first-order chi connectivity index (χ1) is 13.4. The van der Waals surface area contributed by atoms with Crippen molar-refractivity contribution in [2.75, 3.05) is 33.4 Å². The molecule has 0 aliphatic rings. The molecule has 0 aromatic heterocycles. The van der Waals surface area contributed by atoms with Crippen molar-refractivity contribution >= 4 is 11.8 Å². The van der Waals surface area contributed by atoms with E-state index >= 15 is 0 Å². The highest BCUT2D eigenvalue weighted by Gasteiger charge is 2.30. The van der Waals surface area contributed by atoms with Crippen LogP contribution in [0.15, 0.2) is 0 Å². The molecule has 0 heterocycles. The fourth-order valence-electron chi connectivity index (χ4n) is 2.46. The van der Waals surface area contributed by atoms with E-state index in [0.717, 1.165) is 0 Å². The largest absolute Gasteiger partial charge is 0.394 e. The molecule has 11 heteroatoms. The lowest BCUT2D eigenvalue weighted by Crippen LogP contribution is -2.52. The predicted octanol–water partition coefficient (Wildman–Crippen LogP) is -3.16. The van der Waals surface area contributed by atoms with Crippen molar-refractivity contribution in [2.24, 2.45) is 0 Å². The lowest BCUT2D eigenvalue weighted by molar-refractivity contribution is -0.127. The lowest BCUT2D eigenvalue weighted by atomic mass is 10.0. The molecule has 0 aliphatic heterocycles. The van der Waals surface area contributed by atoms with Crippen LogP contribution in [0.25, 0.3) is 0 Å². The normalized spacial score (nSPS) is 17.1. The molecule has 29 heavy (non-hydrogen) atoms. The minimum absolute atomic E-state index is 0.0178. The Morgan fingerprint density at radius 1 is 1.00 bits per heavy atom. The highest BCUT2D eigenvalue weighted by atomic mass is 16.5. The number of methoxy groups -OCH3 is 1. The second-order valence-electron chi connectivity index (χ2n) is 7.87. The molecule has 0 saturated heterocycles. The Balaban J connectivity index is 4.57. The minimum atomic E-state index is -1.76. The first kappa shape index (κ1) is 27.7. The third-order valence-corrected chi connectivity index (χ3v) is 4.02. The zero-order valence-electron chi connectivity index (χ0n) is 17.6. The quantitative estimate of drug-likeness (QED) is 0.134. The number of aliphatic hydroxyl groups is 5. The molecule has 0 aromatic rings. The molecule has 1 unspecified atom stereocenters. The molecule has 0 radical (unpaired) electrons. The van der Waals surface area contributed by atoms with Crippen LogP contribution in [0.5, 0.6) is 0 Å². The Morgan fingerprint density at radius 2 is 1.59 bits per heavy atom. The Bertz CT molecular complexity index is 486. The third-order valence-electron chi connectivity index (χ3n) is 4.02. The summed E-state index contributed by atoms with van der Waals surface area (Å²) in [4.78, 5) is 24.4. The summed E-state index contributed by atoms with van der Waals surface area (Å²) >= 11 is 0. The lowest BCUT2D eigenvalue weighted by Gasteiger charge is -2.28. The number of nitrogens with one attached hydrogen (secondary N) is 3. The van der Waals surface area contributed by atoms with Crippen LogP contribution in [0, 0.1) is 0 Å². The van der Waals surface area contributed by atoms with Crippen LogP contribution in [-0.4, -0.2) is 107 Å². The maximum atomic E-state index is 12.3. The molecular weight excluding hydrogens is 386 g/mol. The van der Waals surface area contributed by atoms with Crippen molar-refractivity contribution in [3.05, 3.63) is 0 Å². The summed E-state index contributed by atoms with van der Waals surface area (Å²) in [6.45, 7) is 5.24. The van der Waals surface area contributed by atoms with E-state index in [0.29, 0.717) is 13.2 Å². The molecule has 0 rings (SSSR count). The second-order valence-corrected chi connectivity index (χ2v) is 7.87. The Morgan fingerprint density at radius 3 is 2.10 bits per heavy atom. The van der Waals surface area contributed by atoms with Crippen LogP contribution in [0.4, 0.5) is 0 Å². The molecule has 11 nitrogen and oxygen atoms in total. The summed E-state index contributed by atoms with van der Waals surface area (Å²) in [7, 11) is 1.52. The van der Waals surface area contributed by atoms with Crippen LogP contribution < -0.4 is 16.0 Å². The maximum absolute atomic E-state index is 12.3. The van der Waals surface area contributed by atoms with Gasteiger partial charge in [-0.3, -0.25) is 9.59 Å². The van der Waals surface area contributed by atoms with Gasteiger partial charge in [0.1, 0.15) is 18.3 Å². The fraction of sp³-hybridized carbons (Fsp3) is 0.889. The Kier molecular flexibility index (Phi) is 13.2. The summed E-state index contributed by atoms with van der Waals surface area (Å²) in [5.41, 5.74) is -0.357. The number of rotatable bonds is 14. The molecule has 0 aliphatic carbocycles. The predicted molar refractivity (Wildman–Crippen MR) is 105 cm³/mol. The van der Waals surface area contributed by atoms with Gasteiger partial charge in [-0.1, -0.05) is 0 Å². The molecule has 0 spiro atoms. The van der Waals surface area contributed by atoms with Crippen LogP contribution in [-0.2, 0) is 14.3 Å². The van der Waals surface area contributed by atoms with Crippen molar-refractivity contribution in [3.8, 4) is 0 Å². The van der Waals surface area contributed by atoms with Crippen LogP contribution in [0.2, 0.25) is 0 Å². The molecule has 2 amide bonds. The smallest absolute Gasteiger partial charge is 0.237 e. The highest BCUT2D eigenvalue weighted by molar-refractivity contribution is 5.83. The molecule has 172 valence electrons. The maximum Gasteiger partial charge on any atom is 0.237 e. The topological polar surface area (TPSA) is 181 Å². The van der Waals surface area contributed by atoms with Gasteiger partial charge in [-0.2, -0.15) is 0 Å². The number of hydrogen-bond acceptors (Lipinski definition) is 9. The van der Waals surface area contributed by atoms with Gasteiger partial charge in [-0.15, -0.1) is 0 Å². The van der Waals surface area contributed by atoms with Crippen LogP contribution >= 0.6 is 0 Å². The first-order valence-corrected chi connectivity index (χ1v) is 9.57. The average Bonchev–Trinajstić information content (AvgIpc) is 2.66. The van der Waals surface area contributed by atoms with E-state index in [4.69, 9.17) is 9.84 Å². The van der Waals surface area contributed by atoms with Crippen molar-refractivity contribution < 1.29 is 39.9 Å². The van der Waals surface area contributed by atoms with E-state index in [1.165, 1.54) is 7.11 Å². The van der Waals surface area contributed by atoms with Gasteiger partial charge in [0.05, 0.1) is 25.4 Å². The van der Waals surface area contributed by atoms with Gasteiger partial charge in [-0.25, -0.2) is 0 Å². The van der Waals surface area contributed by atoms with Gasteiger partial charge in [0.15, 0.2) is 0 Å². The summed E-state index contributed by atoms with van der Waals surface area (Å²) in [6.07, 6.45) is -6.49. The SMILES string of the molecule is COCCNC(=O)C(CCC(=O)NC[C@H](O)[C@@H](O)[C@H](O)[C@H](O)CO)NC(C)(C)C. The van der Waals surface area contributed by atoms with E-state index in [9.17, 15) is 30.0 Å². The van der Waals surface area contributed by atoms with E-state index in [1.807, 2.05) is 20.8 Å². The zero-order chi connectivity index (χ0) is 22.6. The molecule has 0 fully saturated rings. The molecule has 8 N–H and O–H groups in total. The molecule has 0 saturated carbocycles. The van der Waals surface area contributed by atoms with Crippen LogP contribution in [0.3, 0.4) is 0 Å². The molecule has 0 aromatic carbocycles. The number of carbonyl (C=O) groups is 2.